The van der Waals surface area contributed by atoms with Crippen LogP contribution in [0, 0.1) is 0 Å². The van der Waals surface area contributed by atoms with Gasteiger partial charge in [-0.05, 0) is 25.7 Å². The van der Waals surface area contributed by atoms with Gasteiger partial charge in [-0.2, -0.15) is 0 Å². The predicted molar refractivity (Wildman–Crippen MR) is 28.7 cm³/mol. The van der Waals surface area contributed by atoms with Gasteiger partial charge in [-0.3, -0.25) is 0 Å². The molecule has 1 heteroatoms. The third kappa shape index (κ3) is 3.33. The summed E-state index contributed by atoms with van der Waals surface area (Å²) in [6.45, 7) is 0. The molecule has 0 atom stereocenters. The zero-order chi connectivity index (χ0) is 4.24. The van der Waals surface area contributed by atoms with Gasteiger partial charge in [0.05, 0.1) is 0 Å². The zero-order valence-electron chi connectivity index (χ0n) is 5.98. The van der Waals surface area contributed by atoms with Gasteiger partial charge in [-0.25, -0.2) is 0 Å². The summed E-state index contributed by atoms with van der Waals surface area (Å²) in [5, 5.41) is 0. The van der Waals surface area contributed by atoms with Crippen LogP contribution in [0.5, 0.6) is 0 Å². The molecule has 0 bridgehead atoms. The second-order valence-electron chi connectivity index (χ2n) is 1.76. The summed E-state index contributed by atoms with van der Waals surface area (Å²) in [7, 11) is 0. The molecular weight excluding hydrogens is 95.1 g/mol. The van der Waals surface area contributed by atoms with E-state index in [-0.39, 0.29) is 31.0 Å². The summed E-state index contributed by atoms with van der Waals surface area (Å²) in [6.07, 6.45) is 10.0. The van der Waals surface area contributed by atoms with Crippen molar-refractivity contribution in [1.29, 1.82) is 0 Å². The minimum Gasteiger partial charge on any atom is -1.00 e. The molecule has 0 aromatic rings. The Morgan fingerprint density at radius 3 is 1.57 bits per heavy atom. The Bertz CT molecular complexity index is 53.5. The van der Waals surface area contributed by atoms with Gasteiger partial charge in [0, 0.05) is 0 Å². The Hall–Kier alpha value is 0.740. The summed E-state index contributed by atoms with van der Waals surface area (Å²) < 4.78 is 0. The fraction of sp³-hybridized carbons (Fsp3) is 0.667. The second-order valence-corrected chi connectivity index (χ2v) is 1.76. The molecule has 1 aliphatic carbocycles. The Labute approximate surface area is 68.8 Å². The maximum absolute atomic E-state index is 2.27. The van der Waals surface area contributed by atoms with Crippen LogP contribution in [0.1, 0.15) is 27.1 Å². The van der Waals surface area contributed by atoms with Crippen LogP contribution in [0.25, 0.3) is 0 Å². The summed E-state index contributed by atoms with van der Waals surface area (Å²) >= 11 is 0. The van der Waals surface area contributed by atoms with Crippen molar-refractivity contribution in [3.05, 3.63) is 12.2 Å². The van der Waals surface area contributed by atoms with E-state index in [2.05, 4.69) is 12.2 Å². The van der Waals surface area contributed by atoms with Crippen LogP contribution in [0.15, 0.2) is 12.2 Å². The van der Waals surface area contributed by atoms with Crippen molar-refractivity contribution >= 4 is 0 Å². The molecule has 1 aliphatic rings. The molecular formula is C6H11Na. The second kappa shape index (κ2) is 4.89. The summed E-state index contributed by atoms with van der Waals surface area (Å²) in [5.41, 5.74) is 0. The Morgan fingerprint density at radius 2 is 1.43 bits per heavy atom. The van der Waals surface area contributed by atoms with Gasteiger partial charge < -0.3 is 1.43 Å². The maximum Gasteiger partial charge on any atom is 1.00 e. The molecule has 0 aromatic carbocycles. The number of hydrogen-bond donors (Lipinski definition) is 0. The van der Waals surface area contributed by atoms with Crippen LogP contribution >= 0.6 is 0 Å². The molecule has 0 aliphatic heterocycles. The van der Waals surface area contributed by atoms with Gasteiger partial charge >= 0.3 is 29.6 Å². The van der Waals surface area contributed by atoms with Crippen LogP contribution < -0.4 is 29.6 Å². The third-order valence-electron chi connectivity index (χ3n) is 1.16. The molecule has 0 unspecified atom stereocenters. The van der Waals surface area contributed by atoms with Crippen LogP contribution in [-0.4, -0.2) is 0 Å². The molecule has 36 valence electrons. The van der Waals surface area contributed by atoms with Crippen LogP contribution in [-0.2, 0) is 0 Å². The first-order valence-corrected chi connectivity index (χ1v) is 2.65. The Balaban J connectivity index is 0. The van der Waals surface area contributed by atoms with Crippen LogP contribution in [0.3, 0.4) is 0 Å². The predicted octanol–water partition coefficient (Wildman–Crippen LogP) is -0.767. The average Bonchev–Trinajstić information content (AvgIpc) is 1.72. The van der Waals surface area contributed by atoms with E-state index in [4.69, 9.17) is 0 Å². The third-order valence-corrected chi connectivity index (χ3v) is 1.16. The van der Waals surface area contributed by atoms with Gasteiger partial charge in [0.15, 0.2) is 0 Å². The molecule has 0 amide bonds. The normalized spacial score (nSPS) is 18.3. The minimum atomic E-state index is 0. The molecule has 0 fully saturated rings. The summed E-state index contributed by atoms with van der Waals surface area (Å²) in [6, 6.07) is 0. The first kappa shape index (κ1) is 7.74. The van der Waals surface area contributed by atoms with E-state index >= 15 is 0 Å². The molecule has 0 N–H and O–H groups in total. The quantitative estimate of drug-likeness (QED) is 0.281. The molecule has 0 radical (unpaired) electrons. The molecule has 0 aromatic heterocycles. The van der Waals surface area contributed by atoms with E-state index in [0.29, 0.717) is 0 Å². The smallest absolute Gasteiger partial charge is 1.00 e. The van der Waals surface area contributed by atoms with Gasteiger partial charge in [-0.1, -0.05) is 12.2 Å². The van der Waals surface area contributed by atoms with Crippen molar-refractivity contribution < 1.29 is 31.0 Å². The van der Waals surface area contributed by atoms with Crippen molar-refractivity contribution in [2.45, 2.75) is 25.7 Å². The van der Waals surface area contributed by atoms with Gasteiger partial charge in [0.25, 0.3) is 0 Å². The van der Waals surface area contributed by atoms with E-state index < -0.39 is 0 Å². The van der Waals surface area contributed by atoms with Gasteiger partial charge in [0.2, 0.25) is 0 Å². The minimum absolute atomic E-state index is 0. The fourth-order valence-corrected chi connectivity index (χ4v) is 0.760. The Morgan fingerprint density at radius 1 is 1.00 bits per heavy atom. The maximum atomic E-state index is 2.27. The molecule has 7 heavy (non-hydrogen) atoms. The molecule has 0 heterocycles. The Kier molecular flexibility index (Phi) is 5.41. The topological polar surface area (TPSA) is 0 Å². The number of rotatable bonds is 0. The summed E-state index contributed by atoms with van der Waals surface area (Å²) in [4.78, 5) is 0. The van der Waals surface area contributed by atoms with Crippen molar-refractivity contribution in [3.63, 3.8) is 0 Å². The molecule has 0 saturated heterocycles. The monoisotopic (exact) mass is 106 g/mol. The van der Waals surface area contributed by atoms with E-state index in [1.165, 1.54) is 25.7 Å². The van der Waals surface area contributed by atoms with Crippen molar-refractivity contribution in [3.8, 4) is 0 Å². The van der Waals surface area contributed by atoms with E-state index in [0.717, 1.165) is 0 Å². The van der Waals surface area contributed by atoms with Crippen LogP contribution in [0.2, 0.25) is 0 Å². The van der Waals surface area contributed by atoms with Crippen molar-refractivity contribution in [2.75, 3.05) is 0 Å². The van der Waals surface area contributed by atoms with Crippen molar-refractivity contribution in [1.82, 2.24) is 0 Å². The molecule has 1 rings (SSSR count). The van der Waals surface area contributed by atoms with Crippen LogP contribution in [0.4, 0.5) is 0 Å². The number of hydrogen-bond acceptors (Lipinski definition) is 0. The SMILES string of the molecule is C1=CCCCC1.[H-].[Na+]. The standard InChI is InChI=1S/C6H10.Na.H/c1-2-4-6-5-3-1;;/h1-2H,3-6H2;;/q;+1;-1. The number of allylic oxidation sites excluding steroid dienone is 2. The molecule has 0 spiro atoms. The fourth-order valence-electron chi connectivity index (χ4n) is 0.760. The largest absolute Gasteiger partial charge is 1.00 e. The zero-order valence-corrected chi connectivity index (χ0v) is 6.98. The summed E-state index contributed by atoms with van der Waals surface area (Å²) in [5.74, 6) is 0. The first-order valence-electron chi connectivity index (χ1n) is 2.65. The van der Waals surface area contributed by atoms with Crippen molar-refractivity contribution in [2.24, 2.45) is 0 Å². The average molecular weight is 106 g/mol. The molecule has 0 saturated carbocycles. The van der Waals surface area contributed by atoms with E-state index in [9.17, 15) is 0 Å². The van der Waals surface area contributed by atoms with E-state index in [1.807, 2.05) is 0 Å². The van der Waals surface area contributed by atoms with E-state index in [1.54, 1.807) is 0 Å². The molecule has 0 nitrogen and oxygen atoms in total. The first-order chi connectivity index (χ1) is 3.00. The van der Waals surface area contributed by atoms with Gasteiger partial charge in [0.1, 0.15) is 0 Å². The van der Waals surface area contributed by atoms with Gasteiger partial charge in [-0.15, -0.1) is 0 Å².